The van der Waals surface area contributed by atoms with E-state index >= 15 is 0 Å². The van der Waals surface area contributed by atoms with Crippen LogP contribution in [-0.2, 0) is 16.0 Å². The number of amides is 2. The van der Waals surface area contributed by atoms with E-state index in [1.54, 1.807) is 0 Å². The highest BCUT2D eigenvalue weighted by Gasteiger charge is 2.54. The molecular formula is C21H27N3O5. The normalized spacial score (nSPS) is 30.6. The van der Waals surface area contributed by atoms with Crippen molar-refractivity contribution in [2.75, 3.05) is 7.11 Å². The Bertz CT molecular complexity index is 817. The van der Waals surface area contributed by atoms with E-state index in [1.165, 1.54) is 44.6 Å². The molecule has 1 atom stereocenters. The minimum absolute atomic E-state index is 0.0539. The van der Waals surface area contributed by atoms with Crippen molar-refractivity contribution in [2.45, 2.75) is 51.0 Å². The number of carbonyl (C=O) groups is 2. The molecule has 0 aliphatic heterocycles. The molecule has 3 N–H and O–H groups in total. The van der Waals surface area contributed by atoms with Crippen LogP contribution in [0.5, 0.6) is 5.75 Å². The molecule has 0 unspecified atom stereocenters. The van der Waals surface area contributed by atoms with E-state index in [4.69, 9.17) is 10.5 Å². The number of nitrogens with zero attached hydrogens (tertiary/aromatic N) is 1. The summed E-state index contributed by atoms with van der Waals surface area (Å²) in [6.07, 6.45) is 6.37. The van der Waals surface area contributed by atoms with Crippen LogP contribution in [0.2, 0.25) is 0 Å². The Morgan fingerprint density at radius 1 is 1.24 bits per heavy atom. The summed E-state index contributed by atoms with van der Waals surface area (Å²) in [5.41, 5.74) is 5.56. The van der Waals surface area contributed by atoms with Gasteiger partial charge in [0, 0.05) is 29.5 Å². The number of carbonyl (C=O) groups excluding carboxylic acids is 2. The first kappa shape index (κ1) is 19.7. The van der Waals surface area contributed by atoms with Crippen LogP contribution < -0.4 is 15.8 Å². The summed E-state index contributed by atoms with van der Waals surface area (Å²) in [5.74, 6) is 1.50. The lowest BCUT2D eigenvalue weighted by atomic mass is 9.49. The summed E-state index contributed by atoms with van der Waals surface area (Å²) < 4.78 is 5.28. The molecule has 4 aliphatic carbocycles. The minimum Gasteiger partial charge on any atom is -0.496 e. The molecule has 156 valence electrons. The summed E-state index contributed by atoms with van der Waals surface area (Å²) in [4.78, 5) is 36.0. The quantitative estimate of drug-likeness (QED) is 0.536. The summed E-state index contributed by atoms with van der Waals surface area (Å²) in [6, 6.07) is 3.26. The molecule has 8 heteroatoms. The highest BCUT2D eigenvalue weighted by atomic mass is 16.6. The number of primary amides is 1. The molecule has 4 fully saturated rings. The largest absolute Gasteiger partial charge is 0.496 e. The Morgan fingerprint density at radius 3 is 2.31 bits per heavy atom. The van der Waals surface area contributed by atoms with Crippen molar-refractivity contribution in [3.05, 3.63) is 33.9 Å². The van der Waals surface area contributed by atoms with Crippen LogP contribution in [0.1, 0.15) is 44.1 Å². The number of nitrogens with one attached hydrogen (secondary N) is 1. The van der Waals surface area contributed by atoms with Gasteiger partial charge in [0.1, 0.15) is 11.8 Å². The zero-order valence-electron chi connectivity index (χ0n) is 16.6. The van der Waals surface area contributed by atoms with Crippen molar-refractivity contribution in [1.82, 2.24) is 5.32 Å². The number of hydrogen-bond donors (Lipinski definition) is 2. The molecule has 4 saturated carbocycles. The van der Waals surface area contributed by atoms with Gasteiger partial charge in [-0.25, -0.2) is 0 Å². The Morgan fingerprint density at radius 2 is 1.83 bits per heavy atom. The predicted molar refractivity (Wildman–Crippen MR) is 105 cm³/mol. The van der Waals surface area contributed by atoms with Gasteiger partial charge in [0.2, 0.25) is 11.8 Å². The molecule has 8 nitrogen and oxygen atoms in total. The average molecular weight is 401 g/mol. The Labute approximate surface area is 169 Å². The van der Waals surface area contributed by atoms with Gasteiger partial charge in [-0.05, 0) is 62.3 Å². The lowest BCUT2D eigenvalue weighted by Gasteiger charge is -2.55. The Balaban J connectivity index is 1.53. The van der Waals surface area contributed by atoms with Gasteiger partial charge in [-0.1, -0.05) is 0 Å². The van der Waals surface area contributed by atoms with Crippen LogP contribution in [0, 0.1) is 33.3 Å². The Kier molecular flexibility index (Phi) is 4.96. The fourth-order valence-electron chi connectivity index (χ4n) is 6.18. The molecule has 0 heterocycles. The van der Waals surface area contributed by atoms with Gasteiger partial charge in [-0.3, -0.25) is 19.7 Å². The fraction of sp³-hybridized carbons (Fsp3) is 0.619. The van der Waals surface area contributed by atoms with Gasteiger partial charge >= 0.3 is 0 Å². The maximum Gasteiger partial charge on any atom is 0.269 e. The molecule has 1 aromatic carbocycles. The van der Waals surface area contributed by atoms with Crippen LogP contribution in [0.3, 0.4) is 0 Å². The molecule has 0 aromatic heterocycles. The van der Waals surface area contributed by atoms with Crippen LogP contribution in [0.25, 0.3) is 0 Å². The molecule has 1 aromatic rings. The number of hydrogen-bond acceptors (Lipinski definition) is 5. The summed E-state index contributed by atoms with van der Waals surface area (Å²) in [7, 11) is 1.46. The number of benzene rings is 1. The first-order chi connectivity index (χ1) is 13.8. The van der Waals surface area contributed by atoms with Gasteiger partial charge in [0.15, 0.2) is 0 Å². The molecule has 0 saturated heterocycles. The van der Waals surface area contributed by atoms with Gasteiger partial charge in [-0.2, -0.15) is 0 Å². The molecular weight excluding hydrogens is 374 g/mol. The van der Waals surface area contributed by atoms with Crippen LogP contribution in [0.4, 0.5) is 5.69 Å². The predicted octanol–water partition coefficient (Wildman–Crippen LogP) is 2.33. The number of methoxy groups -OCH3 is 1. The van der Waals surface area contributed by atoms with E-state index in [-0.39, 0.29) is 18.0 Å². The average Bonchev–Trinajstić information content (AvgIpc) is 2.66. The van der Waals surface area contributed by atoms with Crippen molar-refractivity contribution < 1.29 is 19.2 Å². The molecule has 29 heavy (non-hydrogen) atoms. The first-order valence-corrected chi connectivity index (χ1v) is 10.2. The van der Waals surface area contributed by atoms with Crippen molar-refractivity contribution in [3.63, 3.8) is 0 Å². The zero-order chi connectivity index (χ0) is 20.8. The Hall–Kier alpha value is -2.64. The third-order valence-corrected chi connectivity index (χ3v) is 7.07. The summed E-state index contributed by atoms with van der Waals surface area (Å²) >= 11 is 0. The van der Waals surface area contributed by atoms with E-state index in [0.29, 0.717) is 29.1 Å². The van der Waals surface area contributed by atoms with Crippen molar-refractivity contribution in [1.29, 1.82) is 0 Å². The van der Waals surface area contributed by atoms with Gasteiger partial charge in [-0.15, -0.1) is 0 Å². The van der Waals surface area contributed by atoms with Gasteiger partial charge < -0.3 is 15.8 Å². The second-order valence-electron chi connectivity index (χ2n) is 9.08. The zero-order valence-corrected chi connectivity index (χ0v) is 16.6. The lowest BCUT2D eigenvalue weighted by molar-refractivity contribution is -0.384. The van der Waals surface area contributed by atoms with E-state index in [1.807, 2.05) is 0 Å². The highest BCUT2D eigenvalue weighted by molar-refractivity contribution is 5.90. The maximum atomic E-state index is 13.3. The van der Waals surface area contributed by atoms with E-state index in [2.05, 4.69) is 5.32 Å². The van der Waals surface area contributed by atoms with E-state index in [9.17, 15) is 19.7 Å². The van der Waals surface area contributed by atoms with Crippen LogP contribution in [0.15, 0.2) is 18.2 Å². The van der Waals surface area contributed by atoms with Crippen molar-refractivity contribution >= 4 is 17.5 Å². The van der Waals surface area contributed by atoms with Gasteiger partial charge in [0.05, 0.1) is 12.0 Å². The maximum absolute atomic E-state index is 13.3. The number of nitro benzene ring substituents is 1. The molecule has 0 radical (unpaired) electrons. The molecule has 4 bridgehead atoms. The van der Waals surface area contributed by atoms with Gasteiger partial charge in [0.25, 0.3) is 5.69 Å². The smallest absolute Gasteiger partial charge is 0.269 e. The van der Waals surface area contributed by atoms with E-state index < -0.39 is 22.3 Å². The van der Waals surface area contributed by atoms with Crippen molar-refractivity contribution in [3.8, 4) is 5.75 Å². The monoisotopic (exact) mass is 401 g/mol. The minimum atomic E-state index is -0.939. The van der Waals surface area contributed by atoms with Crippen LogP contribution in [-0.4, -0.2) is 29.9 Å². The molecule has 2 amide bonds. The lowest BCUT2D eigenvalue weighted by Crippen LogP contribution is -2.57. The third kappa shape index (κ3) is 3.68. The second-order valence-corrected chi connectivity index (χ2v) is 9.08. The number of nitrogens with two attached hydrogens (primary N) is 1. The topological polar surface area (TPSA) is 125 Å². The first-order valence-electron chi connectivity index (χ1n) is 10.2. The van der Waals surface area contributed by atoms with Crippen molar-refractivity contribution in [2.24, 2.45) is 28.9 Å². The number of rotatable bonds is 7. The number of nitro groups is 1. The molecule has 4 aliphatic rings. The highest BCUT2D eigenvalue weighted by Crippen LogP contribution is 2.60. The van der Waals surface area contributed by atoms with E-state index in [0.717, 1.165) is 19.3 Å². The molecule has 5 rings (SSSR count). The second kappa shape index (κ2) is 7.31. The fourth-order valence-corrected chi connectivity index (χ4v) is 6.18. The third-order valence-electron chi connectivity index (χ3n) is 7.07. The standard InChI is InChI=1S/C21H27N3O5/c1-29-18-3-2-16(24(27)28)7-15(18)8-17(19(22)25)23-20(26)21-9-12-4-13(10-21)6-14(5-12)11-21/h2-3,7,12-14,17H,4-6,8-11H2,1H3,(H2,22,25)(H,23,26)/t12?,13?,14?,17-,21?/m0/s1. The number of non-ortho nitro benzene ring substituents is 1. The summed E-state index contributed by atoms with van der Waals surface area (Å²) in [5, 5.41) is 14.0. The number of ether oxygens (including phenoxy) is 1. The molecule has 0 spiro atoms. The van der Waals surface area contributed by atoms with Crippen LogP contribution >= 0.6 is 0 Å². The summed E-state index contributed by atoms with van der Waals surface area (Å²) in [6.45, 7) is 0. The SMILES string of the molecule is COc1ccc([N+](=O)[O-])cc1C[C@H](NC(=O)C12CC3CC(CC(C3)C1)C2)C(N)=O.